The largest absolute Gasteiger partial charge is 0.379 e. The third kappa shape index (κ3) is 4.36. The van der Waals surface area contributed by atoms with E-state index in [9.17, 15) is 9.90 Å². The fourth-order valence-corrected chi connectivity index (χ4v) is 5.10. The highest BCUT2D eigenvalue weighted by atomic mass is 32.1. The zero-order valence-corrected chi connectivity index (χ0v) is 17.2. The number of nitrogens with one attached hydrogen (secondary N) is 1. The Balaban J connectivity index is 1.91. The number of thiazole rings is 1. The van der Waals surface area contributed by atoms with Gasteiger partial charge in [-0.15, -0.1) is 11.3 Å². The molecule has 4 N–H and O–H groups in total. The average molecular weight is 396 g/mol. The molecule has 1 amide bonds. The molecule has 7 heteroatoms. The summed E-state index contributed by atoms with van der Waals surface area (Å²) in [4.78, 5) is 16.9. The summed E-state index contributed by atoms with van der Waals surface area (Å²) in [6, 6.07) is -1.08. The monoisotopic (exact) mass is 395 g/mol. The molecular formula is C20H33N3O3S. The lowest BCUT2D eigenvalue weighted by molar-refractivity contribution is -0.232. The van der Waals surface area contributed by atoms with E-state index in [2.05, 4.69) is 17.2 Å². The van der Waals surface area contributed by atoms with Gasteiger partial charge in [-0.25, -0.2) is 4.98 Å². The van der Waals surface area contributed by atoms with Crippen LogP contribution < -0.4 is 11.1 Å². The molecule has 2 fully saturated rings. The first kappa shape index (κ1) is 20.7. The summed E-state index contributed by atoms with van der Waals surface area (Å²) < 4.78 is 5.87. The number of ether oxygens (including phenoxy) is 1. The van der Waals surface area contributed by atoms with E-state index >= 15 is 0 Å². The fraction of sp³-hybridized carbons (Fsp3) is 0.800. The van der Waals surface area contributed by atoms with E-state index in [0.717, 1.165) is 25.7 Å². The summed E-state index contributed by atoms with van der Waals surface area (Å²) >= 11 is 1.45. The van der Waals surface area contributed by atoms with Gasteiger partial charge in [0.1, 0.15) is 0 Å². The predicted octanol–water partition coefficient (Wildman–Crippen LogP) is 2.56. The standard InChI is InChI=1S/C20H33N3O3S/c1-3-15-10-26-18(15)20(25,17-11-27-12-22-17)16(23-19(24)13(2)21)9-14-7-5-4-6-8-14/h11-16,18,25H,3-10,21H2,1-2H3,(H,23,24)/t13?,15-,16-,18-,20+/m0/s1. The number of rotatable bonds is 8. The molecule has 27 heavy (non-hydrogen) atoms. The lowest BCUT2D eigenvalue weighted by Crippen LogP contribution is -2.65. The van der Waals surface area contributed by atoms with Gasteiger partial charge in [-0.2, -0.15) is 0 Å². The minimum Gasteiger partial charge on any atom is -0.379 e. The lowest BCUT2D eigenvalue weighted by Gasteiger charge is -2.50. The number of carbonyl (C=O) groups is 1. The van der Waals surface area contributed by atoms with Crippen molar-refractivity contribution in [2.75, 3.05) is 6.61 Å². The molecule has 1 saturated heterocycles. The van der Waals surface area contributed by atoms with Crippen molar-refractivity contribution in [2.24, 2.45) is 17.6 Å². The highest BCUT2D eigenvalue weighted by Gasteiger charge is 2.55. The first-order valence-corrected chi connectivity index (χ1v) is 11.2. The Morgan fingerprint density at radius 3 is 2.74 bits per heavy atom. The molecule has 1 aliphatic heterocycles. The Morgan fingerprint density at radius 1 is 1.48 bits per heavy atom. The van der Waals surface area contributed by atoms with Crippen LogP contribution in [0.25, 0.3) is 0 Å². The quantitative estimate of drug-likeness (QED) is 0.628. The molecule has 3 rings (SSSR count). The molecule has 0 radical (unpaired) electrons. The SMILES string of the molecule is CC[C@H]1CO[C@@H]1[C@](O)(c1cscn1)[C@H](CC1CCCCC1)NC(=O)C(C)N. The van der Waals surface area contributed by atoms with Crippen molar-refractivity contribution >= 4 is 17.2 Å². The van der Waals surface area contributed by atoms with Crippen molar-refractivity contribution in [1.82, 2.24) is 10.3 Å². The van der Waals surface area contributed by atoms with Crippen LogP contribution in [0.15, 0.2) is 10.9 Å². The second kappa shape index (κ2) is 8.99. The molecule has 5 atom stereocenters. The summed E-state index contributed by atoms with van der Waals surface area (Å²) in [7, 11) is 0. The van der Waals surface area contributed by atoms with Gasteiger partial charge in [0, 0.05) is 11.3 Å². The number of hydrogen-bond donors (Lipinski definition) is 3. The second-order valence-electron chi connectivity index (χ2n) is 8.21. The zero-order valence-electron chi connectivity index (χ0n) is 16.4. The maximum Gasteiger partial charge on any atom is 0.236 e. The van der Waals surface area contributed by atoms with Gasteiger partial charge >= 0.3 is 0 Å². The Hall–Kier alpha value is -1.02. The number of aromatic nitrogens is 1. The molecule has 2 aliphatic rings. The number of nitrogens with two attached hydrogens (primary N) is 1. The van der Waals surface area contributed by atoms with E-state index in [1.165, 1.54) is 30.6 Å². The number of aliphatic hydroxyl groups is 1. The first-order chi connectivity index (χ1) is 13.0. The normalized spacial score (nSPS) is 28.0. The van der Waals surface area contributed by atoms with Crippen LogP contribution >= 0.6 is 11.3 Å². The minimum absolute atomic E-state index is 0.239. The third-order valence-electron chi connectivity index (χ3n) is 6.27. The van der Waals surface area contributed by atoms with Crippen molar-refractivity contribution in [3.8, 4) is 0 Å². The van der Waals surface area contributed by atoms with Crippen molar-refractivity contribution in [1.29, 1.82) is 0 Å². The van der Waals surface area contributed by atoms with Crippen molar-refractivity contribution in [3.05, 3.63) is 16.6 Å². The van der Waals surface area contributed by atoms with Gasteiger partial charge in [0.25, 0.3) is 0 Å². The molecule has 6 nitrogen and oxygen atoms in total. The number of carbonyl (C=O) groups excluding carboxylic acids is 1. The summed E-state index contributed by atoms with van der Waals surface area (Å²) in [6.45, 7) is 4.42. The Morgan fingerprint density at radius 2 is 2.22 bits per heavy atom. The maximum atomic E-state index is 12.5. The molecule has 1 saturated carbocycles. The molecule has 1 aromatic heterocycles. The smallest absolute Gasteiger partial charge is 0.236 e. The average Bonchev–Trinajstić information content (AvgIpc) is 3.16. The van der Waals surface area contributed by atoms with Crippen molar-refractivity contribution in [3.63, 3.8) is 0 Å². The lowest BCUT2D eigenvalue weighted by atomic mass is 9.72. The van der Waals surface area contributed by atoms with Gasteiger partial charge in [-0.3, -0.25) is 4.79 Å². The van der Waals surface area contributed by atoms with Crippen LogP contribution in [0.4, 0.5) is 0 Å². The Bertz CT molecular complexity index is 602. The van der Waals surface area contributed by atoms with Crippen LogP contribution in [0.5, 0.6) is 0 Å². The highest BCUT2D eigenvalue weighted by molar-refractivity contribution is 7.07. The first-order valence-electron chi connectivity index (χ1n) is 10.2. The van der Waals surface area contributed by atoms with Gasteiger partial charge in [0.2, 0.25) is 5.91 Å². The molecule has 0 aromatic carbocycles. The molecule has 1 unspecified atom stereocenters. The predicted molar refractivity (Wildman–Crippen MR) is 106 cm³/mol. The van der Waals surface area contributed by atoms with Gasteiger partial charge < -0.3 is 20.9 Å². The van der Waals surface area contributed by atoms with E-state index in [4.69, 9.17) is 10.5 Å². The maximum absolute atomic E-state index is 12.5. The molecule has 0 spiro atoms. The van der Waals surface area contributed by atoms with E-state index in [0.29, 0.717) is 18.2 Å². The fourth-order valence-electron chi connectivity index (χ4n) is 4.49. The molecule has 1 aliphatic carbocycles. The molecule has 0 bridgehead atoms. The van der Waals surface area contributed by atoms with Crippen LogP contribution in [0.2, 0.25) is 0 Å². The number of amides is 1. The Kier molecular flexibility index (Phi) is 6.89. The van der Waals surface area contributed by atoms with E-state index < -0.39 is 17.7 Å². The van der Waals surface area contributed by atoms with Gasteiger partial charge in [-0.05, 0) is 25.7 Å². The van der Waals surface area contributed by atoms with Crippen LogP contribution in [0, 0.1) is 11.8 Å². The van der Waals surface area contributed by atoms with Gasteiger partial charge in [0.15, 0.2) is 5.60 Å². The van der Waals surface area contributed by atoms with E-state index in [1.54, 1.807) is 12.4 Å². The summed E-state index contributed by atoms with van der Waals surface area (Å²) in [6.07, 6.45) is 7.27. The summed E-state index contributed by atoms with van der Waals surface area (Å²) in [5.74, 6) is 0.511. The molecule has 152 valence electrons. The van der Waals surface area contributed by atoms with Crippen molar-refractivity contribution < 1.29 is 14.6 Å². The summed E-state index contributed by atoms with van der Waals surface area (Å²) in [5.41, 5.74) is 6.81. The van der Waals surface area contributed by atoms with Crippen molar-refractivity contribution in [2.45, 2.75) is 82.6 Å². The molecular weight excluding hydrogens is 362 g/mol. The second-order valence-corrected chi connectivity index (χ2v) is 8.93. The third-order valence-corrected chi connectivity index (χ3v) is 6.86. The van der Waals surface area contributed by atoms with Crippen LogP contribution in [0.3, 0.4) is 0 Å². The Labute approximate surface area is 165 Å². The van der Waals surface area contributed by atoms with Crippen LogP contribution in [0.1, 0.15) is 64.5 Å². The topological polar surface area (TPSA) is 97.5 Å². The van der Waals surface area contributed by atoms with E-state index in [1.807, 2.05) is 5.38 Å². The number of hydrogen-bond acceptors (Lipinski definition) is 6. The zero-order chi connectivity index (χ0) is 19.4. The van der Waals surface area contributed by atoms with Gasteiger partial charge in [-0.1, -0.05) is 39.0 Å². The highest BCUT2D eigenvalue weighted by Crippen LogP contribution is 2.43. The van der Waals surface area contributed by atoms with Gasteiger partial charge in [0.05, 0.1) is 36.0 Å². The number of nitrogens with zero attached hydrogens (tertiary/aromatic N) is 1. The minimum atomic E-state index is -1.33. The summed E-state index contributed by atoms with van der Waals surface area (Å²) in [5, 5.41) is 16.9. The molecule has 2 heterocycles. The van der Waals surface area contributed by atoms with Crippen LogP contribution in [-0.2, 0) is 15.1 Å². The van der Waals surface area contributed by atoms with Crippen LogP contribution in [-0.4, -0.2) is 40.8 Å². The molecule has 1 aromatic rings. The van der Waals surface area contributed by atoms with E-state index in [-0.39, 0.29) is 17.9 Å².